The summed E-state index contributed by atoms with van der Waals surface area (Å²) in [5.41, 5.74) is 3.41. The summed E-state index contributed by atoms with van der Waals surface area (Å²) in [6, 6.07) is 7.53. The minimum Gasteiger partial charge on any atom is -0.322 e. The van der Waals surface area contributed by atoms with E-state index < -0.39 is 10.0 Å². The Morgan fingerprint density at radius 1 is 1.09 bits per heavy atom. The molecule has 176 valence electrons. The van der Waals surface area contributed by atoms with Gasteiger partial charge in [0.15, 0.2) is 5.65 Å². The summed E-state index contributed by atoms with van der Waals surface area (Å²) < 4.78 is 26.7. The molecule has 1 amide bonds. The fourth-order valence-electron chi connectivity index (χ4n) is 3.94. The van der Waals surface area contributed by atoms with Gasteiger partial charge in [-0.25, -0.2) is 18.1 Å². The maximum atomic E-state index is 12.8. The largest absolute Gasteiger partial charge is 0.322 e. The quantitative estimate of drug-likeness (QED) is 0.570. The van der Waals surface area contributed by atoms with Crippen LogP contribution in [0.4, 0.5) is 5.69 Å². The molecule has 1 fully saturated rings. The van der Waals surface area contributed by atoms with Crippen molar-refractivity contribution >= 4 is 44.3 Å². The van der Waals surface area contributed by atoms with Crippen LogP contribution in [0.3, 0.4) is 0 Å². The van der Waals surface area contributed by atoms with Crippen molar-refractivity contribution in [1.82, 2.24) is 24.0 Å². The Hall–Kier alpha value is -2.53. The molecule has 0 saturated carbocycles. The van der Waals surface area contributed by atoms with Gasteiger partial charge in [0.1, 0.15) is 0 Å². The summed E-state index contributed by atoms with van der Waals surface area (Å²) in [5, 5.41) is 8.43. The van der Waals surface area contributed by atoms with Crippen LogP contribution in [-0.4, -0.2) is 77.3 Å². The van der Waals surface area contributed by atoms with Crippen LogP contribution in [-0.2, 0) is 16.6 Å². The first-order valence-corrected chi connectivity index (χ1v) is 12.9. The SMILES string of the molecule is Cc1ccc(NC(=O)c2cnc3c(c(C)nn3CCN3CCN(S(C)(=O)=O)CC3)c2Cl)cc1. The molecule has 1 N–H and O–H groups in total. The van der Waals surface area contributed by atoms with Crippen molar-refractivity contribution in [3.05, 3.63) is 52.3 Å². The van der Waals surface area contributed by atoms with Gasteiger partial charge in [-0.15, -0.1) is 0 Å². The van der Waals surface area contributed by atoms with E-state index in [1.54, 1.807) is 4.68 Å². The van der Waals surface area contributed by atoms with Crippen molar-refractivity contribution in [2.45, 2.75) is 20.4 Å². The standard InChI is InChI=1S/C22H27ClN6O3S/c1-15-4-6-17(7-5-15)25-22(30)18-14-24-21-19(20(18)23)16(2)26-29(21)13-10-27-8-11-28(12-9-27)33(3,31)32/h4-7,14H,8-13H2,1-3H3,(H,25,30). The number of anilines is 1. The number of hydrogen-bond acceptors (Lipinski definition) is 6. The first-order chi connectivity index (χ1) is 15.6. The molecule has 1 saturated heterocycles. The molecule has 2 aromatic heterocycles. The molecule has 0 radical (unpaired) electrons. The highest BCUT2D eigenvalue weighted by molar-refractivity contribution is 7.88. The van der Waals surface area contributed by atoms with Gasteiger partial charge < -0.3 is 5.32 Å². The molecule has 3 aromatic rings. The summed E-state index contributed by atoms with van der Waals surface area (Å²) >= 11 is 6.63. The van der Waals surface area contributed by atoms with Gasteiger partial charge in [0, 0.05) is 44.6 Å². The second kappa shape index (κ2) is 9.38. The van der Waals surface area contributed by atoms with Gasteiger partial charge in [0.2, 0.25) is 10.0 Å². The summed E-state index contributed by atoms with van der Waals surface area (Å²) in [5.74, 6) is -0.325. The third-order valence-electron chi connectivity index (χ3n) is 5.85. The third kappa shape index (κ3) is 5.19. The molecule has 0 aliphatic carbocycles. The van der Waals surface area contributed by atoms with Gasteiger partial charge in [-0.1, -0.05) is 29.3 Å². The zero-order valence-electron chi connectivity index (χ0n) is 18.9. The van der Waals surface area contributed by atoms with E-state index in [4.69, 9.17) is 11.6 Å². The molecule has 9 nitrogen and oxygen atoms in total. The van der Waals surface area contributed by atoms with E-state index in [0.29, 0.717) is 72.3 Å². The highest BCUT2D eigenvalue weighted by atomic mass is 35.5. The van der Waals surface area contributed by atoms with Crippen molar-refractivity contribution in [3.8, 4) is 0 Å². The van der Waals surface area contributed by atoms with Crippen molar-refractivity contribution in [2.24, 2.45) is 0 Å². The number of piperazine rings is 1. The number of halogens is 1. The molecule has 0 atom stereocenters. The zero-order chi connectivity index (χ0) is 23.8. The lowest BCUT2D eigenvalue weighted by atomic mass is 10.2. The molecule has 3 heterocycles. The van der Waals surface area contributed by atoms with Crippen LogP contribution >= 0.6 is 11.6 Å². The van der Waals surface area contributed by atoms with E-state index in [2.05, 4.69) is 20.3 Å². The Balaban J connectivity index is 1.47. The average Bonchev–Trinajstić information content (AvgIpc) is 3.10. The van der Waals surface area contributed by atoms with Gasteiger partial charge in [-0.2, -0.15) is 9.40 Å². The Morgan fingerprint density at radius 3 is 2.39 bits per heavy atom. The maximum Gasteiger partial charge on any atom is 0.258 e. The topological polar surface area (TPSA) is 100 Å². The minimum atomic E-state index is -3.15. The molecule has 11 heteroatoms. The second-order valence-electron chi connectivity index (χ2n) is 8.32. The van der Waals surface area contributed by atoms with E-state index >= 15 is 0 Å². The van der Waals surface area contributed by atoms with Crippen LogP contribution < -0.4 is 5.32 Å². The number of aromatic nitrogens is 3. The van der Waals surface area contributed by atoms with Gasteiger partial charge in [0.05, 0.1) is 34.5 Å². The van der Waals surface area contributed by atoms with Crippen LogP contribution in [0.1, 0.15) is 21.6 Å². The minimum absolute atomic E-state index is 0.296. The van der Waals surface area contributed by atoms with Crippen LogP contribution in [0.25, 0.3) is 11.0 Å². The Morgan fingerprint density at radius 2 is 1.76 bits per heavy atom. The van der Waals surface area contributed by atoms with Crippen LogP contribution in [0.5, 0.6) is 0 Å². The first-order valence-electron chi connectivity index (χ1n) is 10.7. The highest BCUT2D eigenvalue weighted by Gasteiger charge is 2.24. The predicted molar refractivity (Wildman–Crippen MR) is 129 cm³/mol. The number of nitrogens with one attached hydrogen (secondary N) is 1. The number of fused-ring (bicyclic) bond motifs is 1. The smallest absolute Gasteiger partial charge is 0.258 e. The Labute approximate surface area is 198 Å². The number of amides is 1. The predicted octanol–water partition coefficient (Wildman–Crippen LogP) is 2.53. The van der Waals surface area contributed by atoms with E-state index in [1.807, 2.05) is 38.1 Å². The lowest BCUT2D eigenvalue weighted by Crippen LogP contribution is -2.48. The fourth-order valence-corrected chi connectivity index (χ4v) is 5.13. The van der Waals surface area contributed by atoms with Gasteiger partial charge in [0.25, 0.3) is 5.91 Å². The molecule has 1 aliphatic heterocycles. The molecular formula is C22H27ClN6O3S. The summed E-state index contributed by atoms with van der Waals surface area (Å²) in [7, 11) is -3.15. The molecule has 1 aliphatic rings. The van der Waals surface area contributed by atoms with Crippen molar-refractivity contribution < 1.29 is 13.2 Å². The maximum absolute atomic E-state index is 12.8. The average molecular weight is 491 g/mol. The fraction of sp³-hybridized carbons (Fsp3) is 0.409. The molecule has 0 spiro atoms. The first kappa shape index (κ1) is 23.6. The van der Waals surface area contributed by atoms with E-state index in [1.165, 1.54) is 16.8 Å². The number of rotatable bonds is 6. The lowest BCUT2D eigenvalue weighted by Gasteiger charge is -2.33. The van der Waals surface area contributed by atoms with E-state index in [-0.39, 0.29) is 5.91 Å². The third-order valence-corrected chi connectivity index (χ3v) is 7.55. The molecule has 4 rings (SSSR count). The van der Waals surface area contributed by atoms with Crippen molar-refractivity contribution in [3.63, 3.8) is 0 Å². The van der Waals surface area contributed by atoms with E-state index in [0.717, 1.165) is 5.56 Å². The number of aryl methyl sites for hydroxylation is 2. The normalized spacial score (nSPS) is 15.8. The van der Waals surface area contributed by atoms with Crippen molar-refractivity contribution in [1.29, 1.82) is 0 Å². The number of hydrogen-bond donors (Lipinski definition) is 1. The Kier molecular flexibility index (Phi) is 6.71. The van der Waals surface area contributed by atoms with Crippen LogP contribution in [0, 0.1) is 13.8 Å². The lowest BCUT2D eigenvalue weighted by molar-refractivity contribution is 0.102. The monoisotopic (exact) mass is 490 g/mol. The number of carbonyl (C=O) groups is 1. The molecule has 0 bridgehead atoms. The summed E-state index contributed by atoms with van der Waals surface area (Å²) in [6.07, 6.45) is 2.72. The van der Waals surface area contributed by atoms with Gasteiger partial charge >= 0.3 is 0 Å². The number of sulfonamides is 1. The van der Waals surface area contributed by atoms with Gasteiger partial charge in [-0.3, -0.25) is 9.69 Å². The molecular weight excluding hydrogens is 464 g/mol. The van der Waals surface area contributed by atoms with Gasteiger partial charge in [-0.05, 0) is 26.0 Å². The Bertz CT molecular complexity index is 1280. The second-order valence-corrected chi connectivity index (χ2v) is 10.7. The number of benzene rings is 1. The number of carbonyl (C=O) groups excluding carboxylic acids is 1. The summed E-state index contributed by atoms with van der Waals surface area (Å²) in [6.45, 7) is 7.44. The van der Waals surface area contributed by atoms with Crippen LogP contribution in [0.15, 0.2) is 30.5 Å². The van der Waals surface area contributed by atoms with E-state index in [9.17, 15) is 13.2 Å². The van der Waals surface area contributed by atoms with Crippen LogP contribution in [0.2, 0.25) is 5.02 Å². The molecule has 33 heavy (non-hydrogen) atoms. The number of nitrogens with zero attached hydrogens (tertiary/aromatic N) is 5. The number of pyridine rings is 1. The molecule has 0 unspecified atom stereocenters. The summed E-state index contributed by atoms with van der Waals surface area (Å²) in [4.78, 5) is 19.5. The van der Waals surface area contributed by atoms with Crippen molar-refractivity contribution in [2.75, 3.05) is 44.3 Å². The zero-order valence-corrected chi connectivity index (χ0v) is 20.4. The molecule has 1 aromatic carbocycles. The highest BCUT2D eigenvalue weighted by Crippen LogP contribution is 2.29.